The molecule has 2 atom stereocenters. The van der Waals surface area contributed by atoms with Crippen molar-refractivity contribution in [3.05, 3.63) is 65.6 Å². The van der Waals surface area contributed by atoms with Gasteiger partial charge in [0.2, 0.25) is 5.95 Å². The second-order valence-corrected chi connectivity index (χ2v) is 7.44. The summed E-state index contributed by atoms with van der Waals surface area (Å²) in [4.78, 5) is 35.2. The van der Waals surface area contributed by atoms with E-state index in [2.05, 4.69) is 15.3 Å². The number of hydrogen-bond donors (Lipinski definition) is 2. The summed E-state index contributed by atoms with van der Waals surface area (Å²) in [6.07, 6.45) is 2.87. The second kappa shape index (κ2) is 8.03. The van der Waals surface area contributed by atoms with Crippen molar-refractivity contribution in [1.82, 2.24) is 15.2 Å². The Hall–Kier alpha value is -3.82. The molecule has 1 aromatic carbocycles. The van der Waals surface area contributed by atoms with Gasteiger partial charge in [-0.15, -0.1) is 0 Å². The van der Waals surface area contributed by atoms with E-state index in [4.69, 9.17) is 10.5 Å². The number of halogens is 2. The quantitative estimate of drug-likeness (QED) is 0.540. The molecule has 8 nitrogen and oxygen atoms in total. The molecule has 1 aromatic heterocycles. The minimum atomic E-state index is -1.57. The van der Waals surface area contributed by atoms with Crippen molar-refractivity contribution < 1.29 is 23.1 Å². The van der Waals surface area contributed by atoms with Gasteiger partial charge >= 0.3 is 5.97 Å². The summed E-state index contributed by atoms with van der Waals surface area (Å²) in [6, 6.07) is 6.81. The fraction of sp³-hybridized carbons (Fsp3) is 0.273. The Morgan fingerprint density at radius 2 is 2.12 bits per heavy atom. The summed E-state index contributed by atoms with van der Waals surface area (Å²) in [6.45, 7) is 2.63. The van der Waals surface area contributed by atoms with Gasteiger partial charge in [-0.1, -0.05) is 6.07 Å². The lowest BCUT2D eigenvalue weighted by Crippen LogP contribution is -2.45. The third-order valence-electron chi connectivity index (χ3n) is 5.77. The fourth-order valence-corrected chi connectivity index (χ4v) is 4.24. The Morgan fingerprint density at radius 1 is 1.34 bits per heavy atom. The number of ether oxygens (including phenoxy) is 1. The first-order chi connectivity index (χ1) is 15.3. The molecule has 0 radical (unpaired) electrons. The van der Waals surface area contributed by atoms with Crippen molar-refractivity contribution in [2.75, 3.05) is 20.2 Å². The fourth-order valence-electron chi connectivity index (χ4n) is 4.24. The van der Waals surface area contributed by atoms with Crippen molar-refractivity contribution in [1.29, 1.82) is 0 Å². The van der Waals surface area contributed by atoms with Crippen LogP contribution in [-0.2, 0) is 19.9 Å². The molecule has 1 unspecified atom stereocenters. The number of aromatic nitrogens is 1. The van der Waals surface area contributed by atoms with Crippen molar-refractivity contribution in [2.45, 2.75) is 12.5 Å². The van der Waals surface area contributed by atoms with Crippen LogP contribution in [0.4, 0.5) is 8.78 Å². The number of likely N-dealkylation sites (N-methyl/N-ethyl adjacent to an activating group) is 1. The van der Waals surface area contributed by atoms with Gasteiger partial charge in [-0.3, -0.25) is 10.1 Å². The van der Waals surface area contributed by atoms with Gasteiger partial charge in [0, 0.05) is 36.3 Å². The van der Waals surface area contributed by atoms with E-state index in [0.717, 1.165) is 6.07 Å². The molecule has 2 aliphatic heterocycles. The number of nitrogens with zero attached hydrogens (tertiary/aromatic N) is 3. The normalized spacial score (nSPS) is 22.4. The monoisotopic (exact) mass is 441 g/mol. The number of carbonyl (C=O) groups excluding carboxylic acids is 2. The van der Waals surface area contributed by atoms with Crippen LogP contribution < -0.4 is 11.1 Å². The number of esters is 1. The van der Waals surface area contributed by atoms with Crippen LogP contribution in [0, 0.1) is 17.7 Å². The predicted molar refractivity (Wildman–Crippen MR) is 112 cm³/mol. The Bertz CT molecular complexity index is 1170. The van der Waals surface area contributed by atoms with E-state index in [9.17, 15) is 18.4 Å². The van der Waals surface area contributed by atoms with Crippen molar-refractivity contribution in [3.8, 4) is 11.1 Å². The van der Waals surface area contributed by atoms with Crippen LogP contribution in [0.3, 0.4) is 0 Å². The lowest BCUT2D eigenvalue weighted by molar-refractivity contribution is -0.137. The Morgan fingerprint density at radius 3 is 2.75 bits per heavy atom. The summed E-state index contributed by atoms with van der Waals surface area (Å²) < 4.78 is 33.9. The molecule has 10 heteroatoms. The Kier molecular flexibility index (Phi) is 5.37. The molecular weight excluding hydrogens is 420 g/mol. The molecule has 0 saturated carbocycles. The van der Waals surface area contributed by atoms with Gasteiger partial charge in [0.05, 0.1) is 7.11 Å². The highest BCUT2D eigenvalue weighted by atomic mass is 19.1. The second-order valence-electron chi connectivity index (χ2n) is 7.44. The third kappa shape index (κ3) is 3.28. The van der Waals surface area contributed by atoms with Crippen LogP contribution in [0.1, 0.15) is 12.5 Å². The molecular formula is C22H21F2N5O3. The lowest BCUT2D eigenvalue weighted by atomic mass is 9.77. The molecule has 0 aliphatic carbocycles. The molecule has 4 rings (SSSR count). The zero-order valence-corrected chi connectivity index (χ0v) is 17.4. The molecule has 32 heavy (non-hydrogen) atoms. The maximum absolute atomic E-state index is 14.7. The summed E-state index contributed by atoms with van der Waals surface area (Å²) in [7, 11) is 1.27. The van der Waals surface area contributed by atoms with Gasteiger partial charge in [-0.2, -0.15) is 4.39 Å². The number of guanidine groups is 1. The van der Waals surface area contributed by atoms with Gasteiger partial charge in [0.25, 0.3) is 5.91 Å². The summed E-state index contributed by atoms with van der Waals surface area (Å²) in [5, 5.41) is 2.50. The van der Waals surface area contributed by atoms with Crippen LogP contribution in [0.15, 0.2) is 53.3 Å². The molecule has 2 aromatic rings. The van der Waals surface area contributed by atoms with Crippen LogP contribution in [-0.4, -0.2) is 47.9 Å². The number of hydrogen-bond acceptors (Lipinski definition) is 7. The number of aliphatic imine (C=N–C) groups is 1. The minimum absolute atomic E-state index is 0.0512. The topological polar surface area (TPSA) is 110 Å². The maximum atomic E-state index is 14.7. The van der Waals surface area contributed by atoms with E-state index >= 15 is 0 Å². The number of benzene rings is 1. The molecule has 1 amide bonds. The molecule has 0 spiro atoms. The first kappa shape index (κ1) is 21.4. The summed E-state index contributed by atoms with van der Waals surface area (Å²) in [5.41, 5.74) is 4.76. The van der Waals surface area contributed by atoms with Crippen molar-refractivity contribution in [2.24, 2.45) is 16.6 Å². The molecule has 166 valence electrons. The van der Waals surface area contributed by atoms with Crippen molar-refractivity contribution in [3.63, 3.8) is 0 Å². The number of rotatable bonds is 5. The van der Waals surface area contributed by atoms with Gasteiger partial charge in [0.15, 0.2) is 11.5 Å². The standard InChI is InChI=1S/C22H21F2N5O3/c1-3-29-11-13(10-17(29)19(30)32-2)22(20(31)27-21(25)28-22)12-6-7-16(23)15(9-12)14-5-4-8-26-18(14)24/h4-10,13H,3,11H2,1-2H3,(H3,25,27,28,31)/t13?,22-/m0/s1. The van der Waals surface area contributed by atoms with Gasteiger partial charge in [-0.05, 0) is 42.8 Å². The van der Waals surface area contributed by atoms with Crippen LogP contribution in [0.2, 0.25) is 0 Å². The van der Waals surface area contributed by atoms with Gasteiger partial charge in [-0.25, -0.2) is 19.2 Å². The van der Waals surface area contributed by atoms with E-state index < -0.39 is 35.1 Å². The van der Waals surface area contributed by atoms with E-state index in [1.165, 1.54) is 37.6 Å². The zero-order chi connectivity index (χ0) is 23.0. The molecule has 0 bridgehead atoms. The smallest absolute Gasteiger partial charge is 0.354 e. The number of pyridine rings is 1. The maximum Gasteiger partial charge on any atom is 0.354 e. The zero-order valence-electron chi connectivity index (χ0n) is 17.4. The Labute approximate surface area is 182 Å². The average molecular weight is 441 g/mol. The molecule has 3 N–H and O–H groups in total. The van der Waals surface area contributed by atoms with E-state index in [0.29, 0.717) is 17.8 Å². The van der Waals surface area contributed by atoms with E-state index in [1.54, 1.807) is 11.0 Å². The number of amides is 1. The van der Waals surface area contributed by atoms with Crippen LogP contribution in [0.25, 0.3) is 11.1 Å². The molecule has 0 fully saturated rings. The summed E-state index contributed by atoms with van der Waals surface area (Å²) in [5.74, 6) is -3.31. The highest BCUT2D eigenvalue weighted by Gasteiger charge is 2.53. The van der Waals surface area contributed by atoms with Crippen LogP contribution in [0.5, 0.6) is 0 Å². The SMILES string of the molecule is CCN1CC([C@]2(c3ccc(F)c(-c4cccnc4F)c3)N=C(N)NC2=O)C=C1C(=O)OC. The molecule has 2 aliphatic rings. The number of methoxy groups -OCH3 is 1. The highest BCUT2D eigenvalue weighted by molar-refractivity contribution is 6.08. The first-order valence-electron chi connectivity index (χ1n) is 9.94. The van der Waals surface area contributed by atoms with Crippen LogP contribution >= 0.6 is 0 Å². The molecule has 3 heterocycles. The number of nitrogens with two attached hydrogens (primary N) is 1. The average Bonchev–Trinajstić information content (AvgIpc) is 3.35. The Balaban J connectivity index is 1.89. The molecule has 0 saturated heterocycles. The van der Waals surface area contributed by atoms with Gasteiger partial charge < -0.3 is 15.4 Å². The number of nitrogens with one attached hydrogen (secondary N) is 1. The summed E-state index contributed by atoms with van der Waals surface area (Å²) >= 11 is 0. The van der Waals surface area contributed by atoms with E-state index in [-0.39, 0.29) is 23.6 Å². The van der Waals surface area contributed by atoms with E-state index in [1.807, 2.05) is 6.92 Å². The van der Waals surface area contributed by atoms with Crippen molar-refractivity contribution >= 4 is 17.8 Å². The minimum Gasteiger partial charge on any atom is -0.464 e. The predicted octanol–water partition coefficient (Wildman–Crippen LogP) is 1.68. The highest BCUT2D eigenvalue weighted by Crippen LogP contribution is 2.43. The lowest BCUT2D eigenvalue weighted by Gasteiger charge is -2.31. The third-order valence-corrected chi connectivity index (χ3v) is 5.77. The largest absolute Gasteiger partial charge is 0.464 e. The first-order valence-corrected chi connectivity index (χ1v) is 9.94. The van der Waals surface area contributed by atoms with Gasteiger partial charge in [0.1, 0.15) is 11.5 Å². The number of carbonyl (C=O) groups is 2.